The number of carbonyl (C=O) groups excluding carboxylic acids is 4. The summed E-state index contributed by atoms with van der Waals surface area (Å²) in [7, 11) is 0. The second-order valence-corrected chi connectivity index (χ2v) is 7.16. The molecule has 0 bridgehead atoms. The van der Waals surface area contributed by atoms with Gasteiger partial charge in [0.2, 0.25) is 23.6 Å². The smallest absolute Gasteiger partial charge is 0.326 e. The van der Waals surface area contributed by atoms with E-state index in [-0.39, 0.29) is 18.1 Å². The summed E-state index contributed by atoms with van der Waals surface area (Å²) >= 11 is 3.97. The quantitative estimate of drug-likeness (QED) is 0.137. The van der Waals surface area contributed by atoms with E-state index in [0.717, 1.165) is 0 Å². The molecule has 12 nitrogen and oxygen atoms in total. The van der Waals surface area contributed by atoms with Gasteiger partial charge in [-0.1, -0.05) is 13.8 Å². The number of carbonyl (C=O) groups is 5. The molecule has 0 rings (SSSR count). The molecule has 166 valence electrons. The molecular weight excluding hydrogens is 406 g/mol. The topological polar surface area (TPSA) is 214 Å². The Labute approximate surface area is 173 Å². The van der Waals surface area contributed by atoms with Gasteiger partial charge in [-0.25, -0.2) is 4.79 Å². The van der Waals surface area contributed by atoms with Crippen LogP contribution < -0.4 is 27.4 Å². The lowest BCUT2D eigenvalue weighted by Gasteiger charge is -2.24. The predicted molar refractivity (Wildman–Crippen MR) is 106 cm³/mol. The van der Waals surface area contributed by atoms with Gasteiger partial charge < -0.3 is 37.6 Å². The van der Waals surface area contributed by atoms with Crippen LogP contribution in [0.5, 0.6) is 0 Å². The van der Waals surface area contributed by atoms with Crippen molar-refractivity contribution in [2.75, 3.05) is 12.4 Å². The Bertz CT molecular complexity index is 616. The molecule has 0 aromatic heterocycles. The number of aliphatic hydroxyl groups excluding tert-OH is 1. The molecule has 0 spiro atoms. The van der Waals surface area contributed by atoms with E-state index in [1.165, 1.54) is 0 Å². The minimum atomic E-state index is -1.46. The van der Waals surface area contributed by atoms with Crippen molar-refractivity contribution >= 4 is 42.2 Å². The van der Waals surface area contributed by atoms with Gasteiger partial charge in [0.25, 0.3) is 0 Å². The van der Waals surface area contributed by atoms with Crippen LogP contribution in [-0.4, -0.2) is 76.3 Å². The molecule has 0 saturated carbocycles. The summed E-state index contributed by atoms with van der Waals surface area (Å²) in [6.45, 7) is 2.77. The van der Waals surface area contributed by atoms with Gasteiger partial charge in [0.15, 0.2) is 0 Å². The second-order valence-electron chi connectivity index (χ2n) is 6.79. The van der Waals surface area contributed by atoms with E-state index in [2.05, 4.69) is 28.6 Å². The number of hydrogen-bond donors (Lipinski definition) is 8. The van der Waals surface area contributed by atoms with Crippen molar-refractivity contribution in [1.29, 1.82) is 0 Å². The van der Waals surface area contributed by atoms with Crippen molar-refractivity contribution in [3.05, 3.63) is 0 Å². The fourth-order valence-corrected chi connectivity index (χ4v) is 2.47. The molecule has 4 unspecified atom stereocenters. The Balaban J connectivity index is 5.00. The zero-order valence-corrected chi connectivity index (χ0v) is 17.1. The van der Waals surface area contributed by atoms with Crippen LogP contribution in [0.25, 0.3) is 0 Å². The highest BCUT2D eigenvalue weighted by Gasteiger charge is 2.29. The van der Waals surface area contributed by atoms with E-state index >= 15 is 0 Å². The first-order valence-corrected chi connectivity index (χ1v) is 9.45. The lowest BCUT2D eigenvalue weighted by molar-refractivity contribution is -0.142. The van der Waals surface area contributed by atoms with Crippen LogP contribution in [0.1, 0.15) is 26.7 Å². The molecule has 4 amide bonds. The minimum Gasteiger partial charge on any atom is -0.480 e. The Morgan fingerprint density at radius 3 is 1.83 bits per heavy atom. The summed E-state index contributed by atoms with van der Waals surface area (Å²) in [6.07, 6.45) is -0.277. The van der Waals surface area contributed by atoms with Crippen molar-refractivity contribution in [3.63, 3.8) is 0 Å². The van der Waals surface area contributed by atoms with E-state index in [4.69, 9.17) is 11.5 Å². The van der Waals surface area contributed by atoms with Crippen molar-refractivity contribution in [2.24, 2.45) is 17.4 Å². The predicted octanol–water partition coefficient (Wildman–Crippen LogP) is -3.30. The van der Waals surface area contributed by atoms with Gasteiger partial charge in [-0.2, -0.15) is 12.6 Å². The van der Waals surface area contributed by atoms with Gasteiger partial charge in [0, 0.05) is 5.75 Å². The number of carboxylic acids is 1. The molecule has 4 atom stereocenters. The molecule has 0 aliphatic heterocycles. The van der Waals surface area contributed by atoms with E-state index in [0.29, 0.717) is 0 Å². The summed E-state index contributed by atoms with van der Waals surface area (Å²) in [5.41, 5.74) is 10.4. The average Bonchev–Trinajstić information content (AvgIpc) is 2.61. The lowest BCUT2D eigenvalue weighted by Crippen LogP contribution is -2.58. The van der Waals surface area contributed by atoms with Crippen LogP contribution >= 0.6 is 12.6 Å². The molecule has 0 aromatic rings. The van der Waals surface area contributed by atoms with Crippen LogP contribution in [0.4, 0.5) is 0 Å². The van der Waals surface area contributed by atoms with Gasteiger partial charge in [0.05, 0.1) is 19.1 Å². The standard InChI is InChI=1S/C16H29N5O7S/c1-7(2)3-9(16(27)28)19-15(26)11(6-29)21-14(25)10(5-22)20-13(24)8(17)4-12(18)23/h7-11,22,29H,3-6,17H2,1-2H3,(H2,18,23)(H,19,26)(H,20,24)(H,21,25)(H,27,28). The Morgan fingerprint density at radius 2 is 1.41 bits per heavy atom. The summed E-state index contributed by atoms with van der Waals surface area (Å²) in [5, 5.41) is 25.3. The highest BCUT2D eigenvalue weighted by molar-refractivity contribution is 7.80. The molecule has 0 heterocycles. The third-order valence-electron chi connectivity index (χ3n) is 3.71. The van der Waals surface area contributed by atoms with E-state index < -0.39 is 66.8 Å². The molecule has 29 heavy (non-hydrogen) atoms. The van der Waals surface area contributed by atoms with E-state index in [1.807, 2.05) is 0 Å². The summed E-state index contributed by atoms with van der Waals surface area (Å²) in [6, 6.07) is -5.14. The van der Waals surface area contributed by atoms with Gasteiger partial charge in [-0.3, -0.25) is 19.2 Å². The van der Waals surface area contributed by atoms with Crippen LogP contribution in [0.15, 0.2) is 0 Å². The Hall–Kier alpha value is -2.38. The largest absolute Gasteiger partial charge is 0.480 e. The first-order chi connectivity index (χ1) is 13.4. The second kappa shape index (κ2) is 13.0. The van der Waals surface area contributed by atoms with E-state index in [9.17, 15) is 34.2 Å². The molecule has 0 aliphatic rings. The number of hydrogen-bond acceptors (Lipinski definition) is 8. The number of primary amides is 1. The zero-order valence-electron chi connectivity index (χ0n) is 16.3. The molecular formula is C16H29N5O7S. The van der Waals surface area contributed by atoms with Gasteiger partial charge >= 0.3 is 5.97 Å². The molecule has 9 N–H and O–H groups in total. The summed E-state index contributed by atoms with van der Waals surface area (Å²) in [4.78, 5) is 58.5. The number of thiol groups is 1. The lowest BCUT2D eigenvalue weighted by atomic mass is 10.0. The number of rotatable bonds is 13. The molecule has 0 saturated heterocycles. The van der Waals surface area contributed by atoms with Gasteiger partial charge in [-0.15, -0.1) is 0 Å². The monoisotopic (exact) mass is 435 g/mol. The van der Waals surface area contributed by atoms with Crippen LogP contribution in [-0.2, 0) is 24.0 Å². The molecule has 0 aliphatic carbocycles. The third kappa shape index (κ3) is 10.1. The maximum atomic E-state index is 12.3. The van der Waals surface area contributed by atoms with Crippen molar-refractivity contribution in [3.8, 4) is 0 Å². The highest BCUT2D eigenvalue weighted by Crippen LogP contribution is 2.05. The molecule has 0 fully saturated rings. The van der Waals surface area contributed by atoms with Gasteiger partial charge in [-0.05, 0) is 12.3 Å². The molecule has 13 heteroatoms. The first-order valence-electron chi connectivity index (χ1n) is 8.82. The first kappa shape index (κ1) is 26.6. The number of carboxylic acid groups (broad SMARTS) is 1. The van der Waals surface area contributed by atoms with Crippen LogP contribution in [0.3, 0.4) is 0 Å². The molecule has 0 aromatic carbocycles. The summed E-state index contributed by atoms with van der Waals surface area (Å²) in [5.74, 6) is -4.81. The number of nitrogens with two attached hydrogens (primary N) is 2. The normalized spacial score (nSPS) is 15.0. The maximum absolute atomic E-state index is 12.3. The third-order valence-corrected chi connectivity index (χ3v) is 4.08. The Kier molecular flexibility index (Phi) is 11.9. The number of aliphatic carboxylic acids is 1. The van der Waals surface area contributed by atoms with Crippen LogP contribution in [0.2, 0.25) is 0 Å². The molecule has 0 radical (unpaired) electrons. The maximum Gasteiger partial charge on any atom is 0.326 e. The van der Waals surface area contributed by atoms with Crippen molar-refractivity contribution < 1.29 is 34.2 Å². The highest BCUT2D eigenvalue weighted by atomic mass is 32.1. The van der Waals surface area contributed by atoms with Crippen molar-refractivity contribution in [1.82, 2.24) is 16.0 Å². The van der Waals surface area contributed by atoms with Gasteiger partial charge in [0.1, 0.15) is 18.1 Å². The summed E-state index contributed by atoms with van der Waals surface area (Å²) < 4.78 is 0. The number of nitrogens with one attached hydrogen (secondary N) is 3. The Morgan fingerprint density at radius 1 is 0.931 bits per heavy atom. The van der Waals surface area contributed by atoms with Crippen LogP contribution in [0, 0.1) is 5.92 Å². The average molecular weight is 436 g/mol. The fourth-order valence-electron chi connectivity index (χ4n) is 2.21. The fraction of sp³-hybridized carbons (Fsp3) is 0.688. The SMILES string of the molecule is CC(C)CC(NC(=O)C(CS)NC(=O)C(CO)NC(=O)C(N)CC(N)=O)C(=O)O. The van der Waals surface area contributed by atoms with E-state index in [1.54, 1.807) is 13.8 Å². The number of aliphatic hydroxyl groups is 1. The number of amides is 4. The minimum absolute atomic E-state index is 0.000893. The van der Waals surface area contributed by atoms with Crippen molar-refractivity contribution in [2.45, 2.75) is 50.9 Å². The zero-order chi connectivity index (χ0) is 22.7.